The Morgan fingerprint density at radius 2 is 2.38 bits per heavy atom. The molecule has 1 fully saturated rings. The highest BCUT2D eigenvalue weighted by Crippen LogP contribution is 2.34. The topological polar surface area (TPSA) is 15.3 Å². The van der Waals surface area contributed by atoms with Crippen LogP contribution in [0.4, 0.5) is 5.69 Å². The van der Waals surface area contributed by atoms with Crippen LogP contribution < -0.4 is 10.2 Å². The second kappa shape index (κ2) is 5.39. The van der Waals surface area contributed by atoms with Gasteiger partial charge in [0.15, 0.2) is 0 Å². The molecule has 0 amide bonds. The first-order chi connectivity index (χ1) is 7.74. The largest absolute Gasteiger partial charge is 0.365 e. The number of piperazine rings is 1. The lowest BCUT2D eigenvalue weighted by molar-refractivity contribution is 0.466. The highest BCUT2D eigenvalue weighted by atomic mass is 79.9. The van der Waals surface area contributed by atoms with Crippen molar-refractivity contribution < 1.29 is 0 Å². The molecule has 1 unspecified atom stereocenters. The molecule has 0 saturated carbocycles. The average molecular weight is 304 g/mol. The Morgan fingerprint density at radius 1 is 1.56 bits per heavy atom. The van der Waals surface area contributed by atoms with E-state index in [0.717, 1.165) is 35.6 Å². The average Bonchev–Trinajstić information content (AvgIpc) is 2.33. The second-order valence-corrected chi connectivity index (χ2v) is 5.23. The lowest BCUT2D eigenvalue weighted by Crippen LogP contribution is -2.51. The maximum atomic E-state index is 6.13. The predicted octanol–water partition coefficient (Wildman–Crippen LogP) is 3.29. The van der Waals surface area contributed by atoms with Gasteiger partial charge in [0.2, 0.25) is 0 Å². The van der Waals surface area contributed by atoms with Crippen LogP contribution >= 0.6 is 27.5 Å². The second-order valence-electron chi connectivity index (χ2n) is 4.03. The number of nitrogens with zero attached hydrogens (tertiary/aromatic N) is 1. The minimum atomic E-state index is 0.559. The van der Waals surface area contributed by atoms with Crippen molar-refractivity contribution >= 4 is 33.2 Å². The molecule has 4 heteroatoms. The van der Waals surface area contributed by atoms with E-state index >= 15 is 0 Å². The highest BCUT2D eigenvalue weighted by Gasteiger charge is 2.22. The molecule has 2 rings (SSSR count). The molecule has 0 spiro atoms. The summed E-state index contributed by atoms with van der Waals surface area (Å²) in [5, 5.41) is 4.21. The van der Waals surface area contributed by atoms with Crippen LogP contribution in [0.25, 0.3) is 0 Å². The molecule has 1 aliphatic heterocycles. The molecule has 88 valence electrons. The van der Waals surface area contributed by atoms with Crippen LogP contribution in [0.15, 0.2) is 22.7 Å². The van der Waals surface area contributed by atoms with Crippen molar-refractivity contribution in [3.8, 4) is 0 Å². The van der Waals surface area contributed by atoms with Crippen LogP contribution in [0.2, 0.25) is 5.02 Å². The number of nitrogens with one attached hydrogen (secondary N) is 1. The lowest BCUT2D eigenvalue weighted by atomic mass is 10.1. The van der Waals surface area contributed by atoms with Crippen molar-refractivity contribution in [2.75, 3.05) is 24.5 Å². The van der Waals surface area contributed by atoms with Crippen molar-refractivity contribution in [3.63, 3.8) is 0 Å². The molecule has 1 aliphatic rings. The molecule has 1 aromatic carbocycles. The number of rotatable bonds is 2. The highest BCUT2D eigenvalue weighted by molar-refractivity contribution is 9.10. The smallest absolute Gasteiger partial charge is 0.0595 e. The molecule has 2 nitrogen and oxygen atoms in total. The molecular formula is C12H16BrClN2. The third-order valence-corrected chi connectivity index (χ3v) is 4.44. The fourth-order valence-corrected chi connectivity index (χ4v) is 2.82. The summed E-state index contributed by atoms with van der Waals surface area (Å²) in [5.41, 5.74) is 1.21. The van der Waals surface area contributed by atoms with E-state index < -0.39 is 0 Å². The molecule has 0 aromatic heterocycles. The number of benzene rings is 1. The first-order valence-electron chi connectivity index (χ1n) is 5.65. The minimum absolute atomic E-state index is 0.559. The van der Waals surface area contributed by atoms with Gasteiger partial charge in [0.25, 0.3) is 0 Å². The van der Waals surface area contributed by atoms with Gasteiger partial charge in [0, 0.05) is 25.7 Å². The number of halogens is 2. The predicted molar refractivity (Wildman–Crippen MR) is 73.4 cm³/mol. The molecule has 1 aromatic rings. The fourth-order valence-electron chi connectivity index (χ4n) is 2.16. The summed E-state index contributed by atoms with van der Waals surface area (Å²) in [5.74, 6) is 0. The summed E-state index contributed by atoms with van der Waals surface area (Å²) in [7, 11) is 0. The van der Waals surface area contributed by atoms with E-state index in [2.05, 4.69) is 39.1 Å². The van der Waals surface area contributed by atoms with Gasteiger partial charge in [-0.2, -0.15) is 0 Å². The van der Waals surface area contributed by atoms with Gasteiger partial charge in [0.05, 0.1) is 15.2 Å². The van der Waals surface area contributed by atoms with Crippen molar-refractivity contribution in [1.82, 2.24) is 5.32 Å². The number of anilines is 1. The molecule has 0 bridgehead atoms. The molecule has 1 atom stereocenters. The summed E-state index contributed by atoms with van der Waals surface area (Å²) in [6, 6.07) is 6.61. The maximum Gasteiger partial charge on any atom is 0.0595 e. The molecule has 0 aliphatic carbocycles. The van der Waals surface area contributed by atoms with Crippen molar-refractivity contribution in [2.24, 2.45) is 0 Å². The molecule has 0 radical (unpaired) electrons. The Hall–Kier alpha value is -0.250. The van der Waals surface area contributed by atoms with E-state index in [9.17, 15) is 0 Å². The van der Waals surface area contributed by atoms with Crippen molar-refractivity contribution in [3.05, 3.63) is 27.7 Å². The number of hydrogen-bond acceptors (Lipinski definition) is 2. The van der Waals surface area contributed by atoms with E-state index in [1.807, 2.05) is 12.1 Å². The number of hydrogen-bond donors (Lipinski definition) is 1. The third kappa shape index (κ3) is 2.36. The van der Waals surface area contributed by atoms with Gasteiger partial charge in [-0.05, 0) is 34.5 Å². The van der Waals surface area contributed by atoms with Crippen LogP contribution in [-0.4, -0.2) is 25.7 Å². The molecule has 1 saturated heterocycles. The van der Waals surface area contributed by atoms with Crippen LogP contribution in [0.1, 0.15) is 13.3 Å². The Morgan fingerprint density at radius 3 is 3.12 bits per heavy atom. The minimum Gasteiger partial charge on any atom is -0.365 e. The van der Waals surface area contributed by atoms with Crippen molar-refractivity contribution in [1.29, 1.82) is 0 Å². The summed E-state index contributed by atoms with van der Waals surface area (Å²) in [4.78, 5) is 2.44. The van der Waals surface area contributed by atoms with E-state index in [-0.39, 0.29) is 0 Å². The summed E-state index contributed by atoms with van der Waals surface area (Å²) in [6.45, 7) is 5.35. The standard InChI is InChI=1S/C12H16BrClN2/c1-2-9-8-15-6-7-16(9)11-5-3-4-10(14)12(11)13/h3-5,9,15H,2,6-8H2,1H3. The van der Waals surface area contributed by atoms with E-state index in [1.54, 1.807) is 0 Å². The molecule has 1 N–H and O–H groups in total. The zero-order valence-corrected chi connectivity index (χ0v) is 11.7. The van der Waals surface area contributed by atoms with Gasteiger partial charge in [-0.1, -0.05) is 24.6 Å². The zero-order chi connectivity index (χ0) is 11.5. The van der Waals surface area contributed by atoms with Gasteiger partial charge < -0.3 is 10.2 Å². The van der Waals surface area contributed by atoms with Gasteiger partial charge in [-0.15, -0.1) is 0 Å². The first kappa shape index (κ1) is 12.2. The van der Waals surface area contributed by atoms with Crippen LogP contribution in [0.5, 0.6) is 0 Å². The Bertz CT molecular complexity index is 370. The lowest BCUT2D eigenvalue weighted by Gasteiger charge is -2.38. The van der Waals surface area contributed by atoms with Gasteiger partial charge >= 0.3 is 0 Å². The van der Waals surface area contributed by atoms with Gasteiger partial charge in [-0.25, -0.2) is 0 Å². The Balaban J connectivity index is 2.30. The van der Waals surface area contributed by atoms with Crippen LogP contribution in [0.3, 0.4) is 0 Å². The molecular weight excluding hydrogens is 288 g/mol. The fraction of sp³-hybridized carbons (Fsp3) is 0.500. The SMILES string of the molecule is CCC1CNCCN1c1cccc(Cl)c1Br. The molecule has 1 heterocycles. The first-order valence-corrected chi connectivity index (χ1v) is 6.82. The maximum absolute atomic E-state index is 6.13. The Labute approximate surface area is 110 Å². The van der Waals surface area contributed by atoms with Gasteiger partial charge in [0.1, 0.15) is 0 Å². The van der Waals surface area contributed by atoms with Crippen molar-refractivity contribution in [2.45, 2.75) is 19.4 Å². The van der Waals surface area contributed by atoms with Crippen LogP contribution in [0, 0.1) is 0 Å². The Kier molecular flexibility index (Phi) is 4.11. The zero-order valence-electron chi connectivity index (χ0n) is 9.34. The summed E-state index contributed by atoms with van der Waals surface area (Å²) in [6.07, 6.45) is 1.14. The quantitative estimate of drug-likeness (QED) is 0.902. The van der Waals surface area contributed by atoms with E-state index in [4.69, 9.17) is 11.6 Å². The summed E-state index contributed by atoms with van der Waals surface area (Å²) >= 11 is 9.71. The van der Waals surface area contributed by atoms with Crippen LogP contribution in [-0.2, 0) is 0 Å². The third-order valence-electron chi connectivity index (χ3n) is 3.06. The van der Waals surface area contributed by atoms with Gasteiger partial charge in [-0.3, -0.25) is 0 Å². The monoisotopic (exact) mass is 302 g/mol. The normalized spacial score (nSPS) is 21.2. The molecule has 16 heavy (non-hydrogen) atoms. The summed E-state index contributed by atoms with van der Waals surface area (Å²) < 4.78 is 1.01. The van der Waals surface area contributed by atoms with E-state index in [0.29, 0.717) is 6.04 Å². The van der Waals surface area contributed by atoms with E-state index in [1.165, 1.54) is 5.69 Å².